The molecule has 0 unspecified atom stereocenters. The van der Waals surface area contributed by atoms with Crippen molar-refractivity contribution in [3.63, 3.8) is 0 Å². The van der Waals surface area contributed by atoms with Gasteiger partial charge >= 0.3 is 0 Å². The molecule has 0 atom stereocenters. The zero-order valence-corrected chi connectivity index (χ0v) is 13.7. The van der Waals surface area contributed by atoms with E-state index in [-0.39, 0.29) is 30.1 Å². The third kappa shape index (κ3) is 4.91. The number of nitrogens with one attached hydrogen (secondary N) is 2. The van der Waals surface area contributed by atoms with E-state index < -0.39 is 0 Å². The van der Waals surface area contributed by atoms with Gasteiger partial charge in [0.2, 0.25) is 17.2 Å². The lowest BCUT2D eigenvalue weighted by Gasteiger charge is -2.09. The highest BCUT2D eigenvalue weighted by Gasteiger charge is 2.07. The quantitative estimate of drug-likeness (QED) is 0.749. The van der Waals surface area contributed by atoms with E-state index in [0.717, 1.165) is 6.42 Å². The molecule has 0 spiro atoms. The fraction of sp³-hybridized carbons (Fsp3) is 0.412. The van der Waals surface area contributed by atoms with Crippen molar-refractivity contribution in [3.8, 4) is 0 Å². The lowest BCUT2D eigenvalue weighted by atomic mass is 10.2. The minimum Gasteiger partial charge on any atom is -0.356 e. The van der Waals surface area contributed by atoms with E-state index in [2.05, 4.69) is 15.7 Å². The first-order valence-corrected chi connectivity index (χ1v) is 8.10. The molecule has 1 aromatic carbocycles. The van der Waals surface area contributed by atoms with Gasteiger partial charge in [-0.2, -0.15) is 5.10 Å². The first-order valence-electron chi connectivity index (χ1n) is 8.10. The highest BCUT2D eigenvalue weighted by atomic mass is 16.2. The Balaban J connectivity index is 1.83. The number of fused-ring (bicyclic) bond motifs is 1. The van der Waals surface area contributed by atoms with Gasteiger partial charge in [-0.1, -0.05) is 19.1 Å². The van der Waals surface area contributed by atoms with Crippen LogP contribution in [0.2, 0.25) is 0 Å². The van der Waals surface area contributed by atoms with Crippen LogP contribution >= 0.6 is 0 Å². The molecule has 2 N–H and O–H groups in total. The van der Waals surface area contributed by atoms with Crippen LogP contribution < -0.4 is 16.1 Å². The van der Waals surface area contributed by atoms with Gasteiger partial charge in [0.25, 0.3) is 0 Å². The Morgan fingerprint density at radius 2 is 1.79 bits per heavy atom. The molecule has 7 nitrogen and oxygen atoms in total. The number of para-hydroxylation sites is 1. The van der Waals surface area contributed by atoms with Gasteiger partial charge in [-0.05, 0) is 18.6 Å². The number of aromatic nitrogens is 2. The SMILES string of the molecule is CCCNC(=O)CCNC(=O)CCn1ncc(=O)c2ccccc21. The molecule has 2 amide bonds. The van der Waals surface area contributed by atoms with E-state index in [1.165, 1.54) is 6.20 Å². The molecule has 0 saturated heterocycles. The number of carbonyl (C=O) groups excluding carboxylic acids is 2. The summed E-state index contributed by atoms with van der Waals surface area (Å²) in [5.74, 6) is -0.215. The highest BCUT2D eigenvalue weighted by Crippen LogP contribution is 2.08. The van der Waals surface area contributed by atoms with Gasteiger partial charge in [-0.3, -0.25) is 19.1 Å². The summed E-state index contributed by atoms with van der Waals surface area (Å²) in [5, 5.41) is 10.1. The molecule has 24 heavy (non-hydrogen) atoms. The smallest absolute Gasteiger partial charge is 0.221 e. The summed E-state index contributed by atoms with van der Waals surface area (Å²) < 4.78 is 1.64. The van der Waals surface area contributed by atoms with Crippen LogP contribution in [-0.4, -0.2) is 34.7 Å². The Bertz CT molecular complexity index is 770. The van der Waals surface area contributed by atoms with E-state index in [1.54, 1.807) is 22.9 Å². The van der Waals surface area contributed by atoms with Crippen LogP contribution in [0.25, 0.3) is 10.9 Å². The van der Waals surface area contributed by atoms with Gasteiger partial charge in [0.05, 0.1) is 18.3 Å². The Hall–Kier alpha value is -2.70. The van der Waals surface area contributed by atoms with E-state index >= 15 is 0 Å². The van der Waals surface area contributed by atoms with Crippen LogP contribution in [0.5, 0.6) is 0 Å². The number of nitrogens with zero attached hydrogens (tertiary/aromatic N) is 2. The number of aryl methyl sites for hydroxylation is 1. The molecule has 0 aliphatic heterocycles. The topological polar surface area (TPSA) is 93.1 Å². The van der Waals surface area contributed by atoms with Crippen LogP contribution in [0.15, 0.2) is 35.3 Å². The van der Waals surface area contributed by atoms with Gasteiger partial charge in [0.1, 0.15) is 0 Å². The molecule has 0 aliphatic rings. The summed E-state index contributed by atoms with van der Waals surface area (Å²) in [6.07, 6.45) is 2.65. The maximum Gasteiger partial charge on any atom is 0.221 e. The molecule has 1 heterocycles. The molecule has 128 valence electrons. The molecule has 1 aromatic heterocycles. The molecule has 0 fully saturated rings. The van der Waals surface area contributed by atoms with E-state index in [1.807, 2.05) is 13.0 Å². The standard InChI is InChI=1S/C17H22N4O3/c1-2-9-18-16(23)7-10-19-17(24)8-11-21-14-6-4-3-5-13(14)15(22)12-20-21/h3-6,12H,2,7-11H2,1H3,(H,18,23)(H,19,24). The fourth-order valence-electron chi connectivity index (χ4n) is 2.30. The maximum absolute atomic E-state index is 11.9. The molecule has 7 heteroatoms. The number of rotatable bonds is 8. The van der Waals surface area contributed by atoms with Gasteiger partial charge < -0.3 is 10.6 Å². The van der Waals surface area contributed by atoms with Crippen molar-refractivity contribution < 1.29 is 9.59 Å². The second-order valence-electron chi connectivity index (χ2n) is 5.45. The first kappa shape index (κ1) is 17.7. The van der Waals surface area contributed by atoms with Crippen molar-refractivity contribution in [3.05, 3.63) is 40.7 Å². The Morgan fingerprint density at radius 3 is 2.58 bits per heavy atom. The molecule has 0 bridgehead atoms. The number of hydrogen-bond donors (Lipinski definition) is 2. The summed E-state index contributed by atoms with van der Waals surface area (Å²) in [5.41, 5.74) is 0.570. The highest BCUT2D eigenvalue weighted by molar-refractivity contribution is 5.80. The Morgan fingerprint density at radius 1 is 1.08 bits per heavy atom. The van der Waals surface area contributed by atoms with Gasteiger partial charge in [-0.15, -0.1) is 0 Å². The lowest BCUT2D eigenvalue weighted by molar-refractivity contribution is -0.122. The van der Waals surface area contributed by atoms with Crippen molar-refractivity contribution in [2.45, 2.75) is 32.7 Å². The van der Waals surface area contributed by atoms with Crippen LogP contribution in [0, 0.1) is 0 Å². The van der Waals surface area contributed by atoms with E-state index in [4.69, 9.17) is 0 Å². The van der Waals surface area contributed by atoms with Crippen molar-refractivity contribution >= 4 is 22.7 Å². The number of carbonyl (C=O) groups is 2. The van der Waals surface area contributed by atoms with Crippen LogP contribution in [0.1, 0.15) is 26.2 Å². The zero-order chi connectivity index (χ0) is 17.4. The largest absolute Gasteiger partial charge is 0.356 e. The lowest BCUT2D eigenvalue weighted by Crippen LogP contribution is -2.31. The predicted molar refractivity (Wildman–Crippen MR) is 91.5 cm³/mol. The summed E-state index contributed by atoms with van der Waals surface area (Å²) in [6, 6.07) is 7.17. The summed E-state index contributed by atoms with van der Waals surface area (Å²) in [4.78, 5) is 35.1. The number of hydrogen-bond acceptors (Lipinski definition) is 4. The minimum atomic E-state index is -0.150. The van der Waals surface area contributed by atoms with Crippen molar-refractivity contribution in [1.82, 2.24) is 20.4 Å². The maximum atomic E-state index is 11.9. The number of benzene rings is 1. The summed E-state index contributed by atoms with van der Waals surface area (Å²) in [7, 11) is 0. The van der Waals surface area contributed by atoms with Crippen molar-refractivity contribution in [2.75, 3.05) is 13.1 Å². The van der Waals surface area contributed by atoms with Crippen molar-refractivity contribution in [2.24, 2.45) is 0 Å². The molecular weight excluding hydrogens is 308 g/mol. The normalized spacial score (nSPS) is 10.5. The molecule has 2 aromatic rings. The van der Waals surface area contributed by atoms with Crippen molar-refractivity contribution in [1.29, 1.82) is 0 Å². The predicted octanol–water partition coefficient (Wildman–Crippen LogP) is 0.819. The minimum absolute atomic E-state index is 0.0646. The average molecular weight is 330 g/mol. The molecule has 0 saturated carbocycles. The van der Waals surface area contributed by atoms with E-state index in [9.17, 15) is 14.4 Å². The second-order valence-corrected chi connectivity index (χ2v) is 5.45. The van der Waals surface area contributed by atoms with Gasteiger partial charge in [0.15, 0.2) is 0 Å². The van der Waals surface area contributed by atoms with E-state index in [0.29, 0.717) is 30.5 Å². The molecule has 2 rings (SSSR count). The second kappa shape index (κ2) is 8.81. The van der Waals surface area contributed by atoms with Crippen LogP contribution in [0.3, 0.4) is 0 Å². The molecule has 0 radical (unpaired) electrons. The number of amides is 2. The third-order valence-electron chi connectivity index (χ3n) is 3.56. The zero-order valence-electron chi connectivity index (χ0n) is 13.7. The Kier molecular flexibility index (Phi) is 6.48. The molecular formula is C17H22N4O3. The first-order chi connectivity index (χ1) is 11.6. The summed E-state index contributed by atoms with van der Waals surface area (Å²) in [6.45, 7) is 3.32. The van der Waals surface area contributed by atoms with Crippen LogP contribution in [0.4, 0.5) is 0 Å². The third-order valence-corrected chi connectivity index (χ3v) is 3.56. The summed E-state index contributed by atoms with van der Waals surface area (Å²) >= 11 is 0. The van der Waals surface area contributed by atoms with Gasteiger partial charge in [0, 0.05) is 31.3 Å². The average Bonchev–Trinajstić information content (AvgIpc) is 2.59. The molecule has 0 aliphatic carbocycles. The van der Waals surface area contributed by atoms with Crippen LogP contribution in [-0.2, 0) is 16.1 Å². The van der Waals surface area contributed by atoms with Gasteiger partial charge in [-0.25, -0.2) is 0 Å². The monoisotopic (exact) mass is 330 g/mol. The fourth-order valence-corrected chi connectivity index (χ4v) is 2.30. The Labute approximate surface area is 140 Å².